The molecular weight excluding hydrogens is 348 g/mol. The van der Waals surface area contributed by atoms with E-state index >= 15 is 0 Å². The number of carbonyl (C=O) groups is 1. The van der Waals surface area contributed by atoms with Crippen LogP contribution in [-0.2, 0) is 0 Å². The van der Waals surface area contributed by atoms with E-state index in [4.69, 9.17) is 16.0 Å². The summed E-state index contributed by atoms with van der Waals surface area (Å²) in [5.74, 6) is 0.539. The van der Waals surface area contributed by atoms with E-state index in [0.717, 1.165) is 16.8 Å². The maximum Gasteiger partial charge on any atom is 0.274 e. The van der Waals surface area contributed by atoms with E-state index < -0.39 is 0 Å². The lowest BCUT2D eigenvalue weighted by atomic mass is 10.0. The summed E-state index contributed by atoms with van der Waals surface area (Å²) in [6.45, 7) is 1.97. The minimum atomic E-state index is -0.221. The van der Waals surface area contributed by atoms with Crippen molar-refractivity contribution in [2.75, 3.05) is 0 Å². The van der Waals surface area contributed by atoms with Crippen LogP contribution in [0.25, 0.3) is 0 Å². The molecule has 4 rings (SSSR count). The molecule has 1 aliphatic heterocycles. The number of hydrogen-bond acceptors (Lipinski definition) is 3. The molecular formula is C21H17ClN2O2. The second-order valence-electron chi connectivity index (χ2n) is 6.32. The lowest BCUT2D eigenvalue weighted by Gasteiger charge is -2.22. The minimum Gasteiger partial charge on any atom is -0.463 e. The minimum absolute atomic E-state index is 0.139. The Morgan fingerprint density at radius 1 is 1.15 bits per heavy atom. The summed E-state index contributed by atoms with van der Waals surface area (Å²) in [6.07, 6.45) is 2.18. The van der Waals surface area contributed by atoms with Crippen molar-refractivity contribution in [3.63, 3.8) is 0 Å². The zero-order chi connectivity index (χ0) is 18.1. The summed E-state index contributed by atoms with van der Waals surface area (Å²) in [5.41, 5.74) is 3.34. The number of aryl methyl sites for hydroxylation is 1. The van der Waals surface area contributed by atoms with Gasteiger partial charge in [-0.25, -0.2) is 5.01 Å². The number of halogens is 1. The van der Waals surface area contributed by atoms with Crippen LogP contribution in [0.1, 0.15) is 39.7 Å². The molecule has 0 N–H and O–H groups in total. The first-order chi connectivity index (χ1) is 12.6. The molecule has 2 heterocycles. The maximum atomic E-state index is 13.1. The molecule has 0 radical (unpaired) electrons. The SMILES string of the molecule is Cc1cccc(C(=O)N2N=C(c3ccco3)C[C@H]2c2cccc(Cl)c2)c1. The van der Waals surface area contributed by atoms with Crippen molar-refractivity contribution in [1.29, 1.82) is 0 Å². The van der Waals surface area contributed by atoms with Crippen molar-refractivity contribution in [3.8, 4) is 0 Å². The Kier molecular flexibility index (Phi) is 4.35. The lowest BCUT2D eigenvalue weighted by molar-refractivity contribution is 0.0711. The summed E-state index contributed by atoms with van der Waals surface area (Å²) in [7, 11) is 0. The third kappa shape index (κ3) is 3.16. The fourth-order valence-electron chi connectivity index (χ4n) is 3.17. The number of rotatable bonds is 3. The van der Waals surface area contributed by atoms with E-state index in [0.29, 0.717) is 22.8 Å². The standard InChI is InChI=1S/C21H17ClN2O2/c1-14-5-2-7-16(11-14)21(25)24-19(15-6-3-8-17(22)12-15)13-18(23-24)20-9-4-10-26-20/h2-12,19H,13H2,1H3/t19-/m0/s1. The molecule has 0 spiro atoms. The Bertz CT molecular complexity index is 979. The van der Waals surface area contributed by atoms with Crippen molar-refractivity contribution in [3.05, 3.63) is 94.4 Å². The van der Waals surface area contributed by atoms with E-state index in [1.807, 2.05) is 67.6 Å². The van der Waals surface area contributed by atoms with Gasteiger partial charge in [0.1, 0.15) is 11.5 Å². The summed E-state index contributed by atoms with van der Waals surface area (Å²) in [6, 6.07) is 18.5. The van der Waals surface area contributed by atoms with Gasteiger partial charge in [0, 0.05) is 17.0 Å². The molecule has 0 fully saturated rings. The topological polar surface area (TPSA) is 45.8 Å². The lowest BCUT2D eigenvalue weighted by Crippen LogP contribution is -2.27. The molecule has 3 aromatic rings. The van der Waals surface area contributed by atoms with Gasteiger partial charge in [-0.05, 0) is 48.9 Å². The average molecular weight is 365 g/mol. The number of carbonyl (C=O) groups excluding carboxylic acids is 1. The number of amides is 1. The zero-order valence-electron chi connectivity index (χ0n) is 14.2. The van der Waals surface area contributed by atoms with Crippen LogP contribution in [0, 0.1) is 6.92 Å². The molecule has 26 heavy (non-hydrogen) atoms. The third-order valence-electron chi connectivity index (χ3n) is 4.42. The normalized spacial score (nSPS) is 16.6. The van der Waals surface area contributed by atoms with E-state index in [2.05, 4.69) is 5.10 Å². The highest BCUT2D eigenvalue weighted by Crippen LogP contribution is 2.35. The van der Waals surface area contributed by atoms with Crippen LogP contribution < -0.4 is 0 Å². The highest BCUT2D eigenvalue weighted by Gasteiger charge is 2.34. The van der Waals surface area contributed by atoms with Gasteiger partial charge in [0.15, 0.2) is 0 Å². The zero-order valence-corrected chi connectivity index (χ0v) is 15.0. The first kappa shape index (κ1) is 16.6. The van der Waals surface area contributed by atoms with Gasteiger partial charge in [-0.3, -0.25) is 4.79 Å². The third-order valence-corrected chi connectivity index (χ3v) is 4.66. The fraction of sp³-hybridized carbons (Fsp3) is 0.143. The van der Waals surface area contributed by atoms with Crippen LogP contribution in [0.2, 0.25) is 5.02 Å². The summed E-state index contributed by atoms with van der Waals surface area (Å²) < 4.78 is 5.48. The predicted octanol–water partition coefficient (Wildman–Crippen LogP) is 5.23. The second kappa shape index (κ2) is 6.81. The molecule has 0 unspecified atom stereocenters. The number of hydrogen-bond donors (Lipinski definition) is 0. The molecule has 5 heteroatoms. The van der Waals surface area contributed by atoms with Gasteiger partial charge in [-0.15, -0.1) is 0 Å². The summed E-state index contributed by atoms with van der Waals surface area (Å²) in [5, 5.41) is 6.76. The van der Waals surface area contributed by atoms with Crippen LogP contribution in [0.3, 0.4) is 0 Å². The molecule has 1 aliphatic rings. The highest BCUT2D eigenvalue weighted by molar-refractivity contribution is 6.30. The van der Waals surface area contributed by atoms with Crippen molar-refractivity contribution in [1.82, 2.24) is 5.01 Å². The molecule has 0 bridgehead atoms. The van der Waals surface area contributed by atoms with Gasteiger partial charge < -0.3 is 4.42 Å². The highest BCUT2D eigenvalue weighted by atomic mass is 35.5. The number of nitrogens with zero attached hydrogens (tertiary/aromatic N) is 2. The van der Waals surface area contributed by atoms with E-state index in [-0.39, 0.29) is 11.9 Å². The summed E-state index contributed by atoms with van der Waals surface area (Å²) >= 11 is 6.16. The molecule has 1 aromatic heterocycles. The molecule has 0 aliphatic carbocycles. The Morgan fingerprint density at radius 2 is 2.00 bits per heavy atom. The number of benzene rings is 2. The van der Waals surface area contributed by atoms with Crippen LogP contribution in [0.4, 0.5) is 0 Å². The average Bonchev–Trinajstić information content (AvgIpc) is 3.30. The Morgan fingerprint density at radius 3 is 2.73 bits per heavy atom. The smallest absolute Gasteiger partial charge is 0.274 e. The molecule has 0 saturated carbocycles. The van der Waals surface area contributed by atoms with Gasteiger partial charge in [-0.1, -0.05) is 41.4 Å². The largest absolute Gasteiger partial charge is 0.463 e. The van der Waals surface area contributed by atoms with Crippen molar-refractivity contribution < 1.29 is 9.21 Å². The fourth-order valence-corrected chi connectivity index (χ4v) is 3.37. The van der Waals surface area contributed by atoms with Crippen molar-refractivity contribution in [2.24, 2.45) is 5.10 Å². The van der Waals surface area contributed by atoms with E-state index in [1.165, 1.54) is 5.01 Å². The van der Waals surface area contributed by atoms with Gasteiger partial charge in [0.25, 0.3) is 5.91 Å². The first-order valence-corrected chi connectivity index (χ1v) is 8.76. The monoisotopic (exact) mass is 364 g/mol. The van der Waals surface area contributed by atoms with Crippen LogP contribution in [0.15, 0.2) is 76.4 Å². The maximum absolute atomic E-state index is 13.1. The molecule has 0 saturated heterocycles. The molecule has 2 aromatic carbocycles. The molecule has 1 amide bonds. The Balaban J connectivity index is 1.74. The molecule has 1 atom stereocenters. The van der Waals surface area contributed by atoms with Crippen LogP contribution in [-0.4, -0.2) is 16.6 Å². The van der Waals surface area contributed by atoms with Gasteiger partial charge in [0.05, 0.1) is 12.3 Å². The Labute approximate surface area is 156 Å². The van der Waals surface area contributed by atoms with Crippen LogP contribution >= 0.6 is 11.6 Å². The van der Waals surface area contributed by atoms with Crippen molar-refractivity contribution >= 4 is 23.2 Å². The van der Waals surface area contributed by atoms with Gasteiger partial charge >= 0.3 is 0 Å². The second-order valence-corrected chi connectivity index (χ2v) is 6.75. The summed E-state index contributed by atoms with van der Waals surface area (Å²) in [4.78, 5) is 13.1. The molecule has 130 valence electrons. The first-order valence-electron chi connectivity index (χ1n) is 8.39. The number of hydrazone groups is 1. The van der Waals surface area contributed by atoms with Crippen molar-refractivity contribution in [2.45, 2.75) is 19.4 Å². The van der Waals surface area contributed by atoms with E-state index in [1.54, 1.807) is 6.26 Å². The van der Waals surface area contributed by atoms with Crippen LogP contribution in [0.5, 0.6) is 0 Å². The predicted molar refractivity (Wildman–Crippen MR) is 101 cm³/mol. The quantitative estimate of drug-likeness (QED) is 0.638. The van der Waals surface area contributed by atoms with Gasteiger partial charge in [0.2, 0.25) is 0 Å². The Hall–Kier alpha value is -2.85. The van der Waals surface area contributed by atoms with Gasteiger partial charge in [-0.2, -0.15) is 5.10 Å². The number of furan rings is 1. The van der Waals surface area contributed by atoms with E-state index in [9.17, 15) is 4.79 Å². The molecule has 4 nitrogen and oxygen atoms in total.